The van der Waals surface area contributed by atoms with E-state index in [1.54, 1.807) is 17.0 Å². The minimum atomic E-state index is -4.19. The van der Waals surface area contributed by atoms with Crippen molar-refractivity contribution in [3.8, 4) is 5.75 Å². The molecular weight excluding hydrogens is 704 g/mol. The first-order valence-electron chi connectivity index (χ1n) is 18.8. The van der Waals surface area contributed by atoms with E-state index in [0.29, 0.717) is 68.8 Å². The molecule has 3 aliphatic heterocycles. The van der Waals surface area contributed by atoms with Crippen molar-refractivity contribution in [2.45, 2.75) is 93.4 Å². The van der Waals surface area contributed by atoms with Gasteiger partial charge in [-0.2, -0.15) is 0 Å². The van der Waals surface area contributed by atoms with Crippen LogP contribution in [0.15, 0.2) is 53.4 Å². The smallest absolute Gasteiger partial charge is 0.410 e. The molecule has 2 saturated carbocycles. The van der Waals surface area contributed by atoms with Crippen molar-refractivity contribution in [3.05, 3.63) is 64.7 Å². The number of carbonyl (C=O) groups excluding carboxylic acids is 2. The standard InChI is InChI=1S/C39H51ClN4O7S/c1-42-19-5-8-35(51-38(46)43(2)31-15-21-49-22-16-31)33-13-10-28(33)25-44-20-4-3-7-27-23-30(40)11-9-29(27)26-50-36-14-12-32(24-34(36)44)52(47,48)41-37(45)39(42)17-6-18-39/h5,8-9,11-12,14,23-24,28,31,33,35H,3-4,6-7,10,13,15-22,25-26H2,1-2H3,(H,41,45)/b8-5+/t28-,33+,35-/m0/s1. The molecule has 1 saturated heterocycles. The predicted molar refractivity (Wildman–Crippen MR) is 199 cm³/mol. The number of carbonyl (C=O) groups is 2. The average Bonchev–Trinajstić information content (AvgIpc) is 3.12. The quantitative estimate of drug-likeness (QED) is 0.373. The SMILES string of the molecule is CN(C(=O)O[C@H]1/C=C/CN(C)C2(CCC2)C(=O)NS(=O)(=O)c2ccc3c(c2)N(CCCCc2cc(Cl)ccc2CO3)C[C@@H]2CC[C@H]21)C1CCOCC1. The van der Waals surface area contributed by atoms with E-state index in [1.165, 1.54) is 6.07 Å². The summed E-state index contributed by atoms with van der Waals surface area (Å²) in [6, 6.07) is 10.8. The van der Waals surface area contributed by atoms with Gasteiger partial charge >= 0.3 is 6.09 Å². The molecule has 11 nitrogen and oxygen atoms in total. The second-order valence-electron chi connectivity index (χ2n) is 15.2. The highest BCUT2D eigenvalue weighted by atomic mass is 35.5. The molecule has 5 aliphatic rings. The number of hydrogen-bond donors (Lipinski definition) is 1. The Kier molecular flexibility index (Phi) is 11.1. The van der Waals surface area contributed by atoms with Gasteiger partial charge in [-0.1, -0.05) is 23.7 Å². The summed E-state index contributed by atoms with van der Waals surface area (Å²) in [5.74, 6) is 0.305. The second kappa shape index (κ2) is 15.6. The Balaban J connectivity index is 1.24. The minimum Gasteiger partial charge on any atom is -0.487 e. The summed E-state index contributed by atoms with van der Waals surface area (Å²) in [6.45, 7) is 3.28. The number of ether oxygens (including phenoxy) is 3. The third-order valence-electron chi connectivity index (χ3n) is 12.1. The van der Waals surface area contributed by atoms with Gasteiger partial charge in [0.1, 0.15) is 24.0 Å². The van der Waals surface area contributed by atoms with E-state index in [4.69, 9.17) is 25.8 Å². The van der Waals surface area contributed by atoms with Crippen LogP contribution in [0.5, 0.6) is 5.75 Å². The largest absolute Gasteiger partial charge is 0.487 e. The van der Waals surface area contributed by atoms with Gasteiger partial charge in [-0.3, -0.25) is 9.69 Å². The van der Waals surface area contributed by atoms with E-state index in [2.05, 4.69) is 9.62 Å². The van der Waals surface area contributed by atoms with Crippen LogP contribution >= 0.6 is 11.6 Å². The van der Waals surface area contributed by atoms with Crippen molar-refractivity contribution >= 4 is 39.3 Å². The van der Waals surface area contributed by atoms with Crippen LogP contribution in [0, 0.1) is 11.8 Å². The molecule has 1 spiro atoms. The molecule has 2 aromatic carbocycles. The van der Waals surface area contributed by atoms with Crippen molar-refractivity contribution in [1.29, 1.82) is 0 Å². The van der Waals surface area contributed by atoms with E-state index in [-0.39, 0.29) is 28.9 Å². The van der Waals surface area contributed by atoms with Gasteiger partial charge in [0.25, 0.3) is 15.9 Å². The van der Waals surface area contributed by atoms with Gasteiger partial charge < -0.3 is 24.0 Å². The molecule has 2 aliphatic carbocycles. The molecule has 7 rings (SSSR count). The van der Waals surface area contributed by atoms with Crippen LogP contribution in [0.1, 0.15) is 68.9 Å². The van der Waals surface area contributed by atoms with Crippen LogP contribution in [0.4, 0.5) is 10.5 Å². The Morgan fingerprint density at radius 1 is 1.04 bits per heavy atom. The van der Waals surface area contributed by atoms with E-state index >= 15 is 0 Å². The second-order valence-corrected chi connectivity index (χ2v) is 17.3. The zero-order valence-electron chi connectivity index (χ0n) is 30.2. The van der Waals surface area contributed by atoms with Gasteiger partial charge in [-0.15, -0.1) is 0 Å². The average molecular weight is 755 g/mol. The van der Waals surface area contributed by atoms with Crippen LogP contribution < -0.4 is 14.4 Å². The van der Waals surface area contributed by atoms with Crippen LogP contribution in [0.2, 0.25) is 5.02 Å². The summed E-state index contributed by atoms with van der Waals surface area (Å²) >= 11 is 6.38. The molecule has 0 unspecified atom stereocenters. The number of hydrogen-bond acceptors (Lipinski definition) is 9. The number of rotatable bonds is 2. The molecule has 0 radical (unpaired) electrons. The molecule has 3 fully saturated rings. The Morgan fingerprint density at radius 2 is 1.85 bits per heavy atom. The molecule has 2 bridgehead atoms. The van der Waals surface area contributed by atoms with E-state index in [0.717, 1.165) is 62.5 Å². The maximum Gasteiger partial charge on any atom is 0.410 e. The lowest BCUT2D eigenvalue weighted by molar-refractivity contribution is -0.136. The molecule has 0 aromatic heterocycles. The fraction of sp³-hybridized carbons (Fsp3) is 0.590. The number of halogens is 1. The Labute approximate surface area is 312 Å². The first-order valence-corrected chi connectivity index (χ1v) is 20.7. The van der Waals surface area contributed by atoms with Gasteiger partial charge in [-0.05, 0) is 125 Å². The number of amides is 2. The number of benzene rings is 2. The zero-order valence-corrected chi connectivity index (χ0v) is 31.8. The topological polar surface area (TPSA) is 118 Å². The third-order valence-corrected chi connectivity index (χ3v) is 13.7. The van der Waals surface area contributed by atoms with Crippen LogP contribution in [-0.2, 0) is 37.3 Å². The van der Waals surface area contributed by atoms with Gasteiger partial charge in [-0.25, -0.2) is 17.9 Å². The van der Waals surface area contributed by atoms with Crippen LogP contribution in [-0.4, -0.2) is 94.8 Å². The van der Waals surface area contributed by atoms with Crippen LogP contribution in [0.3, 0.4) is 0 Å². The maximum absolute atomic E-state index is 13.9. The highest BCUT2D eigenvalue weighted by Gasteiger charge is 2.49. The van der Waals surface area contributed by atoms with Crippen LogP contribution in [0.25, 0.3) is 0 Å². The molecule has 3 atom stereocenters. The first kappa shape index (κ1) is 37.0. The minimum absolute atomic E-state index is 0.0208. The summed E-state index contributed by atoms with van der Waals surface area (Å²) in [7, 11) is -0.526. The lowest BCUT2D eigenvalue weighted by Crippen LogP contribution is -2.62. The molecule has 1 N–H and O–H groups in total. The number of anilines is 1. The van der Waals surface area contributed by atoms with Crippen molar-refractivity contribution in [2.75, 3.05) is 51.8 Å². The summed E-state index contributed by atoms with van der Waals surface area (Å²) < 4.78 is 48.6. The summed E-state index contributed by atoms with van der Waals surface area (Å²) in [6.07, 6.45) is 11.1. The van der Waals surface area contributed by atoms with Gasteiger partial charge in [0.05, 0.1) is 10.6 Å². The molecule has 13 heteroatoms. The first-order chi connectivity index (χ1) is 25.0. The van der Waals surface area contributed by atoms with Gasteiger partial charge in [0.2, 0.25) is 0 Å². The van der Waals surface area contributed by atoms with Gasteiger partial charge in [0.15, 0.2) is 0 Å². The van der Waals surface area contributed by atoms with E-state index < -0.39 is 27.6 Å². The lowest BCUT2D eigenvalue weighted by atomic mass is 9.70. The summed E-state index contributed by atoms with van der Waals surface area (Å²) in [4.78, 5) is 33.4. The fourth-order valence-corrected chi connectivity index (χ4v) is 9.67. The fourth-order valence-electron chi connectivity index (χ4n) is 8.41. The Hall–Kier alpha value is -3.32. The molecule has 52 heavy (non-hydrogen) atoms. The van der Waals surface area contributed by atoms with Gasteiger partial charge in [0, 0.05) is 56.9 Å². The molecule has 3 heterocycles. The van der Waals surface area contributed by atoms with Crippen molar-refractivity contribution in [3.63, 3.8) is 0 Å². The monoisotopic (exact) mass is 754 g/mol. The molecule has 2 amide bonds. The summed E-state index contributed by atoms with van der Waals surface area (Å²) in [5.41, 5.74) is 1.90. The Morgan fingerprint density at radius 3 is 2.58 bits per heavy atom. The molecular formula is C39H51ClN4O7S. The summed E-state index contributed by atoms with van der Waals surface area (Å²) in [5, 5.41) is 0.686. The zero-order chi connectivity index (χ0) is 36.5. The van der Waals surface area contributed by atoms with E-state index in [9.17, 15) is 18.0 Å². The third kappa shape index (κ3) is 7.67. The predicted octanol–water partition coefficient (Wildman–Crippen LogP) is 5.93. The highest BCUT2D eigenvalue weighted by molar-refractivity contribution is 7.90. The number of aryl methyl sites for hydroxylation is 1. The number of likely N-dealkylation sites (N-methyl/N-ethyl adjacent to an activating group) is 1. The number of nitrogens with one attached hydrogen (secondary N) is 1. The van der Waals surface area contributed by atoms with E-state index in [1.807, 2.05) is 49.3 Å². The molecule has 282 valence electrons. The number of nitrogens with zero attached hydrogens (tertiary/aromatic N) is 3. The highest BCUT2D eigenvalue weighted by Crippen LogP contribution is 2.43. The number of fused-ring (bicyclic) bond motifs is 3. The molecule has 2 aromatic rings. The normalized spacial score (nSPS) is 27.2. The Bertz CT molecular complexity index is 1780. The van der Waals surface area contributed by atoms with Crippen molar-refractivity contribution < 1.29 is 32.2 Å². The number of sulfonamides is 1. The lowest BCUT2D eigenvalue weighted by Gasteiger charge is -2.47. The van der Waals surface area contributed by atoms with Crippen molar-refractivity contribution in [2.24, 2.45) is 11.8 Å². The van der Waals surface area contributed by atoms with Crippen molar-refractivity contribution in [1.82, 2.24) is 14.5 Å². The maximum atomic E-state index is 13.9.